The number of aryl methyl sites for hydroxylation is 2. The van der Waals surface area contributed by atoms with Crippen molar-refractivity contribution in [3.63, 3.8) is 0 Å². The monoisotopic (exact) mass is 333 g/mol. The summed E-state index contributed by atoms with van der Waals surface area (Å²) in [5.74, 6) is -1.97. The molecular weight excluding hydrogens is 317 g/mol. The molecule has 1 N–H and O–H groups in total. The number of halogens is 1. The van der Waals surface area contributed by atoms with Crippen molar-refractivity contribution < 1.29 is 23.1 Å². The van der Waals surface area contributed by atoms with Crippen LogP contribution in [0.15, 0.2) is 39.5 Å². The first-order chi connectivity index (χ1) is 11.3. The van der Waals surface area contributed by atoms with Gasteiger partial charge in [0, 0.05) is 6.07 Å². The average molecular weight is 333 g/mol. The van der Waals surface area contributed by atoms with Gasteiger partial charge in [0.05, 0.1) is 5.69 Å². The number of carbonyl (C=O) groups is 2. The predicted octanol–water partition coefficient (Wildman–Crippen LogP) is 2.58. The van der Waals surface area contributed by atoms with Crippen LogP contribution < -0.4 is 10.9 Å². The Morgan fingerprint density at radius 2 is 1.92 bits per heavy atom. The maximum atomic E-state index is 13.5. The number of nitrogens with one attached hydrogen (secondary N) is 1. The predicted molar refractivity (Wildman–Crippen MR) is 84.4 cm³/mol. The van der Waals surface area contributed by atoms with E-state index < -0.39 is 29.4 Å². The zero-order chi connectivity index (χ0) is 17.9. The van der Waals surface area contributed by atoms with Crippen molar-refractivity contribution in [3.8, 4) is 0 Å². The summed E-state index contributed by atoms with van der Waals surface area (Å²) in [7, 11) is 0. The first-order valence-electron chi connectivity index (χ1n) is 7.17. The minimum absolute atomic E-state index is 0.0107. The molecule has 0 saturated heterocycles. The lowest BCUT2D eigenvalue weighted by atomic mass is 10.1. The Kier molecular flexibility index (Phi) is 5.13. The van der Waals surface area contributed by atoms with Gasteiger partial charge < -0.3 is 14.5 Å². The van der Waals surface area contributed by atoms with Crippen LogP contribution in [0, 0.1) is 19.7 Å². The van der Waals surface area contributed by atoms with Crippen molar-refractivity contribution >= 4 is 17.6 Å². The van der Waals surface area contributed by atoms with E-state index in [1.165, 1.54) is 32.0 Å². The topological polar surface area (TPSA) is 85.6 Å². The highest BCUT2D eigenvalue weighted by atomic mass is 19.1. The molecule has 1 unspecified atom stereocenters. The Labute approximate surface area is 137 Å². The Balaban J connectivity index is 2.10. The molecule has 1 aromatic carbocycles. The second kappa shape index (κ2) is 7.08. The van der Waals surface area contributed by atoms with E-state index in [2.05, 4.69) is 5.32 Å². The van der Waals surface area contributed by atoms with Crippen LogP contribution in [0.4, 0.5) is 10.1 Å². The molecule has 24 heavy (non-hydrogen) atoms. The van der Waals surface area contributed by atoms with E-state index in [1.54, 1.807) is 13.0 Å². The number of carbonyl (C=O) groups excluding carboxylic acids is 2. The van der Waals surface area contributed by atoms with Crippen LogP contribution in [0.2, 0.25) is 0 Å². The lowest BCUT2D eigenvalue weighted by Gasteiger charge is -2.15. The van der Waals surface area contributed by atoms with Gasteiger partial charge in [-0.15, -0.1) is 0 Å². The number of amides is 1. The molecule has 0 aliphatic heterocycles. The van der Waals surface area contributed by atoms with E-state index in [0.717, 1.165) is 6.07 Å². The number of benzene rings is 1. The lowest BCUT2D eigenvalue weighted by Crippen LogP contribution is -2.30. The summed E-state index contributed by atoms with van der Waals surface area (Å²) in [6.45, 7) is 4.37. The average Bonchev–Trinajstić information content (AvgIpc) is 2.48. The summed E-state index contributed by atoms with van der Waals surface area (Å²) in [4.78, 5) is 35.5. The van der Waals surface area contributed by atoms with Gasteiger partial charge in [-0.2, -0.15) is 0 Å². The summed E-state index contributed by atoms with van der Waals surface area (Å²) in [6.07, 6.45) is -1.16. The second-order valence-corrected chi connectivity index (χ2v) is 5.20. The largest absolute Gasteiger partial charge is 0.449 e. The van der Waals surface area contributed by atoms with Crippen molar-refractivity contribution in [2.75, 3.05) is 5.32 Å². The number of rotatable bonds is 4. The molecule has 0 saturated carbocycles. The van der Waals surface area contributed by atoms with E-state index >= 15 is 0 Å². The smallest absolute Gasteiger partial charge is 0.342 e. The molecular formula is C17H16FNO5. The highest BCUT2D eigenvalue weighted by Crippen LogP contribution is 2.16. The molecule has 1 heterocycles. The number of esters is 1. The Bertz CT molecular complexity index is 817. The SMILES string of the molecule is Cc1cc(=O)oc(C)c1C(=O)OC(C)C(=O)Nc1ccccc1F. The Morgan fingerprint density at radius 1 is 1.25 bits per heavy atom. The minimum atomic E-state index is -1.16. The van der Waals surface area contributed by atoms with Gasteiger partial charge in [-0.25, -0.2) is 14.0 Å². The van der Waals surface area contributed by atoms with E-state index in [0.29, 0.717) is 5.56 Å². The third kappa shape index (κ3) is 3.87. The Hall–Kier alpha value is -2.96. The first kappa shape index (κ1) is 17.4. The third-order valence-corrected chi connectivity index (χ3v) is 3.32. The van der Waals surface area contributed by atoms with Gasteiger partial charge in [0.25, 0.3) is 5.91 Å². The normalized spacial score (nSPS) is 11.7. The number of hydrogen-bond acceptors (Lipinski definition) is 5. The number of ether oxygens (including phenoxy) is 1. The van der Waals surface area contributed by atoms with Gasteiger partial charge in [-0.1, -0.05) is 12.1 Å². The summed E-state index contributed by atoms with van der Waals surface area (Å²) in [6, 6.07) is 6.80. The van der Waals surface area contributed by atoms with Crippen LogP contribution in [-0.4, -0.2) is 18.0 Å². The fourth-order valence-electron chi connectivity index (χ4n) is 2.13. The fraction of sp³-hybridized carbons (Fsp3) is 0.235. The van der Waals surface area contributed by atoms with Crippen LogP contribution >= 0.6 is 0 Å². The highest BCUT2D eigenvalue weighted by molar-refractivity contribution is 5.98. The first-order valence-corrected chi connectivity index (χ1v) is 7.17. The summed E-state index contributed by atoms with van der Waals surface area (Å²) < 4.78 is 23.5. The van der Waals surface area contributed by atoms with Crippen LogP contribution in [0.1, 0.15) is 28.6 Å². The van der Waals surface area contributed by atoms with E-state index in [4.69, 9.17) is 9.15 Å². The maximum absolute atomic E-state index is 13.5. The van der Waals surface area contributed by atoms with Crippen LogP contribution in [0.3, 0.4) is 0 Å². The Morgan fingerprint density at radius 3 is 2.54 bits per heavy atom. The molecule has 0 radical (unpaired) electrons. The van der Waals surface area contributed by atoms with Crippen molar-refractivity contribution in [2.24, 2.45) is 0 Å². The lowest BCUT2D eigenvalue weighted by molar-refractivity contribution is -0.123. The summed E-state index contributed by atoms with van der Waals surface area (Å²) >= 11 is 0. The molecule has 2 aromatic rings. The third-order valence-electron chi connectivity index (χ3n) is 3.32. The number of hydrogen-bond donors (Lipinski definition) is 1. The molecule has 0 aliphatic carbocycles. The quantitative estimate of drug-likeness (QED) is 0.869. The molecule has 0 spiro atoms. The standard InChI is InChI=1S/C17H16FNO5/c1-9-8-14(20)23-10(2)15(9)17(22)24-11(3)16(21)19-13-7-5-4-6-12(13)18/h4-8,11H,1-3H3,(H,19,21). The molecule has 6 nitrogen and oxygen atoms in total. The van der Waals surface area contributed by atoms with Gasteiger partial charge in [-0.3, -0.25) is 4.79 Å². The van der Waals surface area contributed by atoms with Crippen molar-refractivity contribution in [1.29, 1.82) is 0 Å². The molecule has 7 heteroatoms. The molecule has 0 bridgehead atoms. The molecule has 1 atom stereocenters. The van der Waals surface area contributed by atoms with Crippen LogP contribution in [0.25, 0.3) is 0 Å². The molecule has 1 amide bonds. The second-order valence-electron chi connectivity index (χ2n) is 5.20. The van der Waals surface area contributed by atoms with E-state index in [-0.39, 0.29) is 17.0 Å². The fourth-order valence-corrected chi connectivity index (χ4v) is 2.13. The van der Waals surface area contributed by atoms with Gasteiger partial charge in [-0.05, 0) is 38.5 Å². The molecule has 1 aromatic heterocycles. The van der Waals surface area contributed by atoms with Crippen molar-refractivity contribution in [2.45, 2.75) is 26.9 Å². The van der Waals surface area contributed by atoms with E-state index in [1.807, 2.05) is 0 Å². The minimum Gasteiger partial charge on any atom is -0.449 e. The van der Waals surface area contributed by atoms with Crippen molar-refractivity contribution in [3.05, 3.63) is 63.5 Å². The van der Waals surface area contributed by atoms with Gasteiger partial charge in [0.1, 0.15) is 17.1 Å². The number of para-hydroxylation sites is 1. The zero-order valence-corrected chi connectivity index (χ0v) is 13.4. The highest BCUT2D eigenvalue weighted by Gasteiger charge is 2.23. The van der Waals surface area contributed by atoms with Gasteiger partial charge >= 0.3 is 11.6 Å². The van der Waals surface area contributed by atoms with E-state index in [9.17, 15) is 18.8 Å². The molecule has 126 valence electrons. The summed E-state index contributed by atoms with van der Waals surface area (Å²) in [5.41, 5.74) is -0.119. The van der Waals surface area contributed by atoms with Crippen molar-refractivity contribution in [1.82, 2.24) is 0 Å². The number of anilines is 1. The molecule has 0 aliphatic rings. The van der Waals surface area contributed by atoms with Crippen LogP contribution in [0.5, 0.6) is 0 Å². The van der Waals surface area contributed by atoms with Gasteiger partial charge in [0.15, 0.2) is 6.10 Å². The summed E-state index contributed by atoms with van der Waals surface area (Å²) in [5, 5.41) is 2.34. The maximum Gasteiger partial charge on any atom is 0.342 e. The van der Waals surface area contributed by atoms with Crippen LogP contribution in [-0.2, 0) is 9.53 Å². The molecule has 2 rings (SSSR count). The van der Waals surface area contributed by atoms with Gasteiger partial charge in [0.2, 0.25) is 0 Å². The zero-order valence-electron chi connectivity index (χ0n) is 13.4. The molecule has 0 fully saturated rings.